The Morgan fingerprint density at radius 3 is 2.62 bits per heavy atom. The molecular formula is C33H30F2N4O2S. The fourth-order valence-electron chi connectivity index (χ4n) is 5.80. The van der Waals surface area contributed by atoms with Gasteiger partial charge in [-0.2, -0.15) is 0 Å². The lowest BCUT2D eigenvalue weighted by Crippen LogP contribution is -2.26. The molecule has 6 nitrogen and oxygen atoms in total. The number of rotatable bonds is 8. The molecule has 0 bridgehead atoms. The molecule has 0 fully saturated rings. The van der Waals surface area contributed by atoms with Gasteiger partial charge in [0.15, 0.2) is 0 Å². The first kappa shape index (κ1) is 27.8. The predicted molar refractivity (Wildman–Crippen MR) is 161 cm³/mol. The number of carbonyl (C=O) groups is 2. The highest BCUT2D eigenvalue weighted by Gasteiger charge is 2.28. The minimum Gasteiger partial charge on any atom is -0.366 e. The van der Waals surface area contributed by atoms with Gasteiger partial charge >= 0.3 is 0 Å². The lowest BCUT2D eigenvalue weighted by Gasteiger charge is -2.15. The summed E-state index contributed by atoms with van der Waals surface area (Å²) < 4.78 is 29.7. The van der Waals surface area contributed by atoms with Gasteiger partial charge < -0.3 is 15.6 Å². The minimum absolute atomic E-state index is 0.213. The van der Waals surface area contributed by atoms with Gasteiger partial charge in [0.2, 0.25) is 0 Å². The summed E-state index contributed by atoms with van der Waals surface area (Å²) in [6, 6.07) is 16.5. The van der Waals surface area contributed by atoms with Crippen molar-refractivity contribution in [1.82, 2.24) is 14.9 Å². The van der Waals surface area contributed by atoms with E-state index in [4.69, 9.17) is 10.7 Å². The molecule has 3 heterocycles. The number of benzene rings is 2. The smallest absolute Gasteiger partial charge is 0.261 e. The highest BCUT2D eigenvalue weighted by Crippen LogP contribution is 2.39. The summed E-state index contributed by atoms with van der Waals surface area (Å²) in [5.74, 6) is -1.17. The monoisotopic (exact) mass is 584 g/mol. The molecule has 1 aliphatic carbocycles. The number of nitrogens with zero attached hydrogens (tertiary/aromatic N) is 2. The maximum atomic E-state index is 14.2. The summed E-state index contributed by atoms with van der Waals surface area (Å²) in [4.78, 5) is 32.4. The average Bonchev–Trinajstić information content (AvgIpc) is 3.69. The zero-order valence-electron chi connectivity index (χ0n) is 23.3. The normalized spacial score (nSPS) is 14.5. The van der Waals surface area contributed by atoms with Crippen molar-refractivity contribution in [2.75, 3.05) is 0 Å². The summed E-state index contributed by atoms with van der Waals surface area (Å²) in [6.07, 6.45) is 3.65. The maximum absolute atomic E-state index is 14.2. The number of halogens is 2. The molecule has 42 heavy (non-hydrogen) atoms. The molecule has 0 saturated heterocycles. The minimum atomic E-state index is -0.578. The van der Waals surface area contributed by atoms with E-state index in [2.05, 4.69) is 19.2 Å². The van der Waals surface area contributed by atoms with Crippen LogP contribution in [0.25, 0.3) is 21.5 Å². The summed E-state index contributed by atoms with van der Waals surface area (Å²) in [5.41, 5.74) is 10.6. The van der Waals surface area contributed by atoms with Gasteiger partial charge in [-0.15, -0.1) is 11.3 Å². The molecule has 0 radical (unpaired) electrons. The number of nitrogens with one attached hydrogen (secondary N) is 1. The number of hydrogen-bond acceptors (Lipinski definition) is 4. The molecule has 9 heteroatoms. The van der Waals surface area contributed by atoms with Crippen molar-refractivity contribution < 1.29 is 18.4 Å². The number of aromatic nitrogens is 2. The highest BCUT2D eigenvalue weighted by molar-refractivity contribution is 7.17. The molecule has 3 aromatic heterocycles. The van der Waals surface area contributed by atoms with E-state index in [9.17, 15) is 18.4 Å². The van der Waals surface area contributed by atoms with Crippen molar-refractivity contribution >= 4 is 34.2 Å². The van der Waals surface area contributed by atoms with Crippen LogP contribution in [0.1, 0.15) is 68.7 Å². The number of primary amides is 1. The van der Waals surface area contributed by atoms with Gasteiger partial charge in [0.05, 0.1) is 22.2 Å². The Morgan fingerprint density at radius 1 is 1.10 bits per heavy atom. The number of carbonyl (C=O) groups excluding carboxylic acids is 2. The molecule has 0 saturated carbocycles. The van der Waals surface area contributed by atoms with E-state index in [0.29, 0.717) is 58.7 Å². The first-order valence-electron chi connectivity index (χ1n) is 13.9. The number of fused-ring (bicyclic) bond motifs is 2. The Balaban J connectivity index is 1.40. The number of thiophene rings is 1. The fraction of sp³-hybridized carbons (Fsp3) is 0.242. The van der Waals surface area contributed by atoms with Crippen LogP contribution in [0.2, 0.25) is 0 Å². The summed E-state index contributed by atoms with van der Waals surface area (Å²) >= 11 is 1.28. The van der Waals surface area contributed by atoms with Gasteiger partial charge in [-0.1, -0.05) is 38.1 Å². The molecule has 6 rings (SSSR count). The van der Waals surface area contributed by atoms with Gasteiger partial charge in [0.25, 0.3) is 11.8 Å². The maximum Gasteiger partial charge on any atom is 0.261 e. The van der Waals surface area contributed by atoms with Gasteiger partial charge in [0, 0.05) is 28.6 Å². The van der Waals surface area contributed by atoms with Gasteiger partial charge in [-0.05, 0) is 78.3 Å². The standard InChI is InChI=1S/C33H30F2N4O2S/c1-18(2)16-26-30(31(36)40)29(23-14-15-39(32(23)37-26)17-19-6-8-20(34)9-7-19)27-12-13-28(42-27)33(41)38-25-11-10-21-22(25)4-3-5-24(21)35/h3-9,12-15,18,25H,10-11,16-17H2,1-2H3,(H2,36,40)(H,38,41)/t25-/m0/s1. The van der Waals surface area contributed by atoms with Crippen LogP contribution in [0.4, 0.5) is 8.78 Å². The highest BCUT2D eigenvalue weighted by atomic mass is 32.1. The van der Waals surface area contributed by atoms with E-state index >= 15 is 0 Å². The van der Waals surface area contributed by atoms with E-state index in [1.54, 1.807) is 24.3 Å². The van der Waals surface area contributed by atoms with E-state index in [1.165, 1.54) is 29.5 Å². The second-order valence-electron chi connectivity index (χ2n) is 11.1. The van der Waals surface area contributed by atoms with Gasteiger partial charge in [-0.3, -0.25) is 9.59 Å². The zero-order valence-corrected chi connectivity index (χ0v) is 24.1. The third-order valence-corrected chi connectivity index (χ3v) is 8.79. The van der Waals surface area contributed by atoms with Crippen LogP contribution in [-0.4, -0.2) is 21.4 Å². The molecule has 0 spiro atoms. The summed E-state index contributed by atoms with van der Waals surface area (Å²) in [5, 5.41) is 3.80. The zero-order chi connectivity index (χ0) is 29.5. The molecule has 3 N–H and O–H groups in total. The quantitative estimate of drug-likeness (QED) is 0.210. The van der Waals surface area contributed by atoms with Crippen LogP contribution >= 0.6 is 11.3 Å². The van der Waals surface area contributed by atoms with Crippen LogP contribution in [0.15, 0.2) is 66.9 Å². The molecule has 2 aromatic carbocycles. The van der Waals surface area contributed by atoms with Crippen LogP contribution in [0.3, 0.4) is 0 Å². The fourth-order valence-corrected chi connectivity index (χ4v) is 6.77. The Bertz CT molecular complexity index is 1820. The van der Waals surface area contributed by atoms with Crippen molar-refractivity contribution in [1.29, 1.82) is 0 Å². The summed E-state index contributed by atoms with van der Waals surface area (Å²) in [6.45, 7) is 4.57. The third kappa shape index (κ3) is 5.20. The SMILES string of the molecule is CC(C)Cc1nc2c(ccn2Cc2ccc(F)cc2)c(-c2ccc(C(=O)N[C@H]3CCc4c(F)cccc43)s2)c1C(N)=O. The van der Waals surface area contributed by atoms with Crippen LogP contribution < -0.4 is 11.1 Å². The Hall–Kier alpha value is -4.37. The lowest BCUT2D eigenvalue weighted by molar-refractivity contribution is 0.0939. The molecule has 0 aliphatic heterocycles. The van der Waals surface area contributed by atoms with E-state index in [-0.39, 0.29) is 29.5 Å². The van der Waals surface area contributed by atoms with Crippen molar-refractivity contribution in [2.24, 2.45) is 11.7 Å². The van der Waals surface area contributed by atoms with Crippen molar-refractivity contribution in [3.8, 4) is 10.4 Å². The number of pyridine rings is 1. The van der Waals surface area contributed by atoms with Gasteiger partial charge in [-0.25, -0.2) is 13.8 Å². The molecule has 2 amide bonds. The van der Waals surface area contributed by atoms with Crippen molar-refractivity contribution in [3.63, 3.8) is 0 Å². The molecule has 214 valence electrons. The number of nitrogens with two attached hydrogens (primary N) is 1. The van der Waals surface area contributed by atoms with E-state index in [1.807, 2.05) is 29.0 Å². The number of amides is 2. The van der Waals surface area contributed by atoms with E-state index in [0.717, 1.165) is 21.4 Å². The van der Waals surface area contributed by atoms with Crippen LogP contribution in [0.5, 0.6) is 0 Å². The molecule has 1 aliphatic rings. The third-order valence-electron chi connectivity index (χ3n) is 7.69. The molecule has 0 unspecified atom stereocenters. The Morgan fingerprint density at radius 2 is 1.88 bits per heavy atom. The predicted octanol–water partition coefficient (Wildman–Crippen LogP) is 6.81. The second-order valence-corrected chi connectivity index (χ2v) is 12.2. The first-order valence-corrected chi connectivity index (χ1v) is 14.8. The lowest BCUT2D eigenvalue weighted by atomic mass is 9.96. The average molecular weight is 585 g/mol. The summed E-state index contributed by atoms with van der Waals surface area (Å²) in [7, 11) is 0. The molecule has 1 atom stereocenters. The Labute approximate surface area is 246 Å². The molecular weight excluding hydrogens is 554 g/mol. The second kappa shape index (κ2) is 11.1. The number of hydrogen-bond donors (Lipinski definition) is 2. The topological polar surface area (TPSA) is 90.0 Å². The van der Waals surface area contributed by atoms with Crippen LogP contribution in [-0.2, 0) is 19.4 Å². The Kier molecular flexibility index (Phi) is 7.36. The van der Waals surface area contributed by atoms with Crippen molar-refractivity contribution in [3.05, 3.63) is 111 Å². The largest absolute Gasteiger partial charge is 0.366 e. The van der Waals surface area contributed by atoms with Crippen LogP contribution in [0, 0.1) is 17.6 Å². The van der Waals surface area contributed by atoms with E-state index < -0.39 is 5.91 Å². The van der Waals surface area contributed by atoms with Gasteiger partial charge in [0.1, 0.15) is 17.3 Å². The molecule has 5 aromatic rings. The first-order chi connectivity index (χ1) is 20.2. The van der Waals surface area contributed by atoms with Crippen molar-refractivity contribution in [2.45, 2.75) is 45.7 Å².